The fourth-order valence-corrected chi connectivity index (χ4v) is 5.40. The van der Waals surface area contributed by atoms with Gasteiger partial charge in [-0.25, -0.2) is 0 Å². The van der Waals surface area contributed by atoms with Gasteiger partial charge in [0, 0.05) is 11.6 Å². The van der Waals surface area contributed by atoms with Crippen molar-refractivity contribution in [1.29, 1.82) is 0 Å². The first kappa shape index (κ1) is 29.9. The predicted octanol–water partition coefficient (Wildman–Crippen LogP) is 7.81. The molecule has 2 N–H and O–H groups in total. The van der Waals surface area contributed by atoms with Crippen LogP contribution in [0.2, 0.25) is 25.1 Å². The lowest BCUT2D eigenvalue weighted by molar-refractivity contribution is -0.113. The highest BCUT2D eigenvalue weighted by atomic mass is 35.5. The normalized spacial score (nSPS) is 12.0. The van der Waals surface area contributed by atoms with Crippen molar-refractivity contribution >= 4 is 87.3 Å². The zero-order valence-corrected chi connectivity index (χ0v) is 24.7. The number of carbonyl (C=O) groups is 2. The Balaban J connectivity index is 1.76. The average Bonchev–Trinajstić information content (AvgIpc) is 3.23. The highest BCUT2D eigenvalue weighted by Crippen LogP contribution is 2.33. The second-order valence-electron chi connectivity index (χ2n) is 8.45. The van der Waals surface area contributed by atoms with Crippen molar-refractivity contribution in [3.8, 4) is 0 Å². The summed E-state index contributed by atoms with van der Waals surface area (Å²) in [5.41, 5.74) is 0.675. The van der Waals surface area contributed by atoms with Gasteiger partial charge in [0.1, 0.15) is 0 Å². The molecule has 7 nitrogen and oxygen atoms in total. The number of thioether (sulfide) groups is 1. The Morgan fingerprint density at radius 1 is 0.973 bits per heavy atom. The van der Waals surface area contributed by atoms with Crippen LogP contribution in [0.25, 0.3) is 0 Å². The number of nitrogens with zero attached hydrogens (tertiary/aromatic N) is 3. The number of hydrogen-bond donors (Lipinski definition) is 2. The molecule has 0 radical (unpaired) electrons. The molecule has 198 valence electrons. The summed E-state index contributed by atoms with van der Waals surface area (Å²) in [5.74, 6) is 0.249. The number of halogens is 5. The molecule has 0 fully saturated rings. The van der Waals surface area contributed by atoms with Crippen molar-refractivity contribution < 1.29 is 9.59 Å². The largest absolute Gasteiger partial charge is 0.342 e. The van der Waals surface area contributed by atoms with Gasteiger partial charge < -0.3 is 15.2 Å². The fraction of sp³-hybridized carbons (Fsp3) is 0.333. The van der Waals surface area contributed by atoms with Crippen LogP contribution >= 0.6 is 69.8 Å². The van der Waals surface area contributed by atoms with E-state index in [0.717, 1.165) is 0 Å². The number of carbonyl (C=O) groups excluding carboxylic acids is 2. The lowest BCUT2D eigenvalue weighted by atomic mass is 10.0. The summed E-state index contributed by atoms with van der Waals surface area (Å²) in [5, 5.41) is 16.5. The summed E-state index contributed by atoms with van der Waals surface area (Å²) in [6, 6.07) is 7.25. The second-order valence-corrected chi connectivity index (χ2v) is 11.5. The molecule has 0 spiro atoms. The quantitative estimate of drug-likeness (QED) is 0.178. The van der Waals surface area contributed by atoms with Crippen molar-refractivity contribution in [2.45, 2.75) is 44.9 Å². The van der Waals surface area contributed by atoms with Gasteiger partial charge in [-0.2, -0.15) is 0 Å². The van der Waals surface area contributed by atoms with Crippen molar-refractivity contribution in [3.63, 3.8) is 0 Å². The van der Waals surface area contributed by atoms with Crippen LogP contribution in [0.5, 0.6) is 0 Å². The van der Waals surface area contributed by atoms with Crippen molar-refractivity contribution in [2.75, 3.05) is 11.1 Å². The molecule has 1 aromatic heterocycles. The second kappa shape index (κ2) is 13.4. The van der Waals surface area contributed by atoms with E-state index >= 15 is 0 Å². The molecule has 0 bridgehead atoms. The van der Waals surface area contributed by atoms with Gasteiger partial charge in [-0.15, -0.1) is 10.2 Å². The van der Waals surface area contributed by atoms with Gasteiger partial charge in [-0.05, 0) is 49.6 Å². The van der Waals surface area contributed by atoms with Crippen molar-refractivity contribution in [3.05, 3.63) is 66.8 Å². The summed E-state index contributed by atoms with van der Waals surface area (Å²) in [7, 11) is 0. The maximum atomic E-state index is 13.0. The first-order valence-electron chi connectivity index (χ1n) is 11.3. The van der Waals surface area contributed by atoms with Crippen LogP contribution in [0.1, 0.15) is 49.4 Å². The lowest BCUT2D eigenvalue weighted by Gasteiger charge is -2.21. The van der Waals surface area contributed by atoms with Crippen LogP contribution in [-0.4, -0.2) is 32.3 Å². The molecular weight excluding hydrogens is 600 g/mol. The Hall–Kier alpha value is -1.68. The zero-order valence-electron chi connectivity index (χ0n) is 20.1. The standard InChI is InChI=1S/C24H24Cl5N5O2S/c1-4-34-22(20(7-12(2)3)31-23(36)14-6-5-13(25)8-15(14)26)32-33-24(34)37-11-21(35)30-19-10-17(28)16(27)9-18(19)29/h5-6,8-10,12,20H,4,7,11H2,1-3H3,(H,30,35)(H,31,36)/t20-/m0/s1. The van der Waals surface area contributed by atoms with Gasteiger partial charge in [0.05, 0.1) is 43.1 Å². The topological polar surface area (TPSA) is 88.9 Å². The lowest BCUT2D eigenvalue weighted by Crippen LogP contribution is -2.32. The molecule has 1 atom stereocenters. The fourth-order valence-electron chi connectivity index (χ4n) is 3.51. The van der Waals surface area contributed by atoms with Gasteiger partial charge in [0.25, 0.3) is 5.91 Å². The van der Waals surface area contributed by atoms with Crippen LogP contribution in [-0.2, 0) is 11.3 Å². The van der Waals surface area contributed by atoms with Gasteiger partial charge in [0.15, 0.2) is 11.0 Å². The molecule has 37 heavy (non-hydrogen) atoms. The number of nitrogens with one attached hydrogen (secondary N) is 2. The van der Waals surface area contributed by atoms with Crippen LogP contribution in [0.15, 0.2) is 35.5 Å². The van der Waals surface area contributed by atoms with Crippen LogP contribution in [0, 0.1) is 5.92 Å². The number of amides is 2. The number of anilines is 1. The van der Waals surface area contributed by atoms with E-state index in [4.69, 9.17) is 58.0 Å². The minimum Gasteiger partial charge on any atom is -0.342 e. The molecule has 0 aliphatic heterocycles. The third-order valence-electron chi connectivity index (χ3n) is 5.18. The molecular formula is C24H24Cl5N5O2S. The number of aromatic nitrogens is 3. The summed E-state index contributed by atoms with van der Waals surface area (Å²) < 4.78 is 1.88. The first-order valence-corrected chi connectivity index (χ1v) is 14.1. The average molecular weight is 624 g/mol. The summed E-state index contributed by atoms with van der Waals surface area (Å²) in [6.07, 6.45) is 0.621. The maximum Gasteiger partial charge on any atom is 0.253 e. The monoisotopic (exact) mass is 621 g/mol. The Bertz CT molecular complexity index is 1300. The molecule has 13 heteroatoms. The predicted molar refractivity (Wildman–Crippen MR) is 153 cm³/mol. The molecule has 0 aliphatic rings. The van der Waals surface area contributed by atoms with Gasteiger partial charge in [-0.1, -0.05) is 83.6 Å². The van der Waals surface area contributed by atoms with Crippen LogP contribution in [0.4, 0.5) is 5.69 Å². The number of hydrogen-bond acceptors (Lipinski definition) is 5. The highest BCUT2D eigenvalue weighted by molar-refractivity contribution is 7.99. The van der Waals surface area contributed by atoms with Crippen LogP contribution in [0.3, 0.4) is 0 Å². The zero-order chi connectivity index (χ0) is 27.3. The molecule has 0 saturated heterocycles. The third-order valence-corrected chi connectivity index (χ3v) is 7.73. The van der Waals surface area contributed by atoms with E-state index in [-0.39, 0.29) is 38.6 Å². The third kappa shape index (κ3) is 7.91. The Labute approximate surface area is 244 Å². The van der Waals surface area contributed by atoms with E-state index < -0.39 is 6.04 Å². The molecule has 2 aromatic carbocycles. The highest BCUT2D eigenvalue weighted by Gasteiger charge is 2.25. The van der Waals surface area contributed by atoms with E-state index in [9.17, 15) is 9.59 Å². The number of rotatable bonds is 10. The summed E-state index contributed by atoms with van der Waals surface area (Å²) >= 11 is 31.5. The maximum absolute atomic E-state index is 13.0. The van der Waals surface area contributed by atoms with Gasteiger partial charge in [0.2, 0.25) is 5.91 Å². The number of benzene rings is 2. The Morgan fingerprint density at radius 3 is 2.32 bits per heavy atom. The van der Waals surface area contributed by atoms with Gasteiger partial charge >= 0.3 is 0 Å². The van der Waals surface area contributed by atoms with E-state index in [1.54, 1.807) is 12.1 Å². The molecule has 1 heterocycles. The van der Waals surface area contributed by atoms with E-state index in [1.807, 2.05) is 11.5 Å². The van der Waals surface area contributed by atoms with Crippen molar-refractivity contribution in [2.24, 2.45) is 5.92 Å². The van der Waals surface area contributed by atoms with Crippen molar-refractivity contribution in [1.82, 2.24) is 20.1 Å². The van der Waals surface area contributed by atoms with Crippen LogP contribution < -0.4 is 10.6 Å². The Kier molecular flexibility index (Phi) is 10.8. The SMILES string of the molecule is CCn1c(SCC(=O)Nc2cc(Cl)c(Cl)cc2Cl)nnc1[C@H](CC(C)C)NC(=O)c1ccc(Cl)cc1Cl. The molecule has 0 saturated carbocycles. The van der Waals surface area contributed by atoms with E-state index in [1.165, 1.54) is 30.0 Å². The smallest absolute Gasteiger partial charge is 0.253 e. The first-order chi connectivity index (χ1) is 17.5. The molecule has 0 aliphatic carbocycles. The van der Waals surface area contributed by atoms with Gasteiger partial charge in [-0.3, -0.25) is 9.59 Å². The van der Waals surface area contributed by atoms with E-state index in [2.05, 4.69) is 34.7 Å². The minimum atomic E-state index is -0.426. The molecule has 2 amide bonds. The molecule has 3 rings (SSSR count). The summed E-state index contributed by atoms with van der Waals surface area (Å²) in [6.45, 7) is 6.58. The summed E-state index contributed by atoms with van der Waals surface area (Å²) in [4.78, 5) is 25.6. The Morgan fingerprint density at radius 2 is 1.68 bits per heavy atom. The molecule has 3 aromatic rings. The minimum absolute atomic E-state index is 0.0519. The van der Waals surface area contributed by atoms with E-state index in [0.29, 0.717) is 45.2 Å². The molecule has 0 unspecified atom stereocenters.